The third kappa shape index (κ3) is 53.1. The van der Waals surface area contributed by atoms with Crippen molar-refractivity contribution in [2.75, 3.05) is 12.0 Å². The molecule has 0 aromatic heterocycles. The van der Waals surface area contributed by atoms with E-state index in [0.717, 1.165) is 24.2 Å². The first-order chi connectivity index (χ1) is 14.3. The van der Waals surface area contributed by atoms with Crippen molar-refractivity contribution in [3.05, 3.63) is 35.9 Å². The summed E-state index contributed by atoms with van der Waals surface area (Å²) in [7, 11) is 0. The van der Waals surface area contributed by atoms with Gasteiger partial charge in [0, 0.05) is 0 Å². The SMILES string of the molecule is C.C.C.C.CC(C)C.CCC(C)C.CCC1CCCCC1.CCCSC.CCc1ccccc1. The van der Waals surface area contributed by atoms with Crippen molar-refractivity contribution in [3.8, 4) is 0 Å². The number of hydrogen-bond donors (Lipinski definition) is 0. The molecule has 0 bridgehead atoms. The van der Waals surface area contributed by atoms with E-state index in [4.69, 9.17) is 0 Å². The number of hydrogen-bond acceptors (Lipinski definition) is 1. The van der Waals surface area contributed by atoms with Crippen molar-refractivity contribution in [1.29, 1.82) is 0 Å². The van der Waals surface area contributed by atoms with Gasteiger partial charge in [-0.1, -0.05) is 167 Å². The molecule has 1 aliphatic carbocycles. The third-order valence-corrected chi connectivity index (χ3v) is 5.59. The Kier molecular flexibility index (Phi) is 63.4. The van der Waals surface area contributed by atoms with Crippen LogP contribution in [-0.2, 0) is 6.42 Å². The Bertz CT molecular complexity index is 372. The molecule has 0 saturated heterocycles. The zero-order valence-corrected chi connectivity index (χ0v) is 23.4. The highest BCUT2D eigenvalue weighted by Crippen LogP contribution is 2.25. The monoisotopic (exact) mass is 503 g/mol. The van der Waals surface area contributed by atoms with Crippen LogP contribution in [0.25, 0.3) is 0 Å². The van der Waals surface area contributed by atoms with E-state index in [1.54, 1.807) is 0 Å². The molecule has 1 saturated carbocycles. The molecular formula is C33H74S. The summed E-state index contributed by atoms with van der Waals surface area (Å²) < 4.78 is 0. The summed E-state index contributed by atoms with van der Waals surface area (Å²) in [5.74, 6) is 4.11. The van der Waals surface area contributed by atoms with Crippen molar-refractivity contribution < 1.29 is 0 Å². The quantitative estimate of drug-likeness (QED) is 0.385. The van der Waals surface area contributed by atoms with Crippen LogP contribution in [0.2, 0.25) is 0 Å². The van der Waals surface area contributed by atoms with E-state index in [2.05, 4.69) is 92.8 Å². The Morgan fingerprint density at radius 3 is 1.35 bits per heavy atom. The first kappa shape index (κ1) is 50.4. The summed E-state index contributed by atoms with van der Waals surface area (Å²) >= 11 is 1.90. The minimum atomic E-state index is 0. The Morgan fingerprint density at radius 2 is 1.18 bits per heavy atom. The van der Waals surface area contributed by atoms with Gasteiger partial charge in [0.1, 0.15) is 0 Å². The Morgan fingerprint density at radius 1 is 0.765 bits per heavy atom. The summed E-state index contributed by atoms with van der Waals surface area (Å²) in [6.45, 7) is 19.8. The lowest BCUT2D eigenvalue weighted by Crippen LogP contribution is -2.03. The van der Waals surface area contributed by atoms with Gasteiger partial charge in [0.2, 0.25) is 0 Å². The lowest BCUT2D eigenvalue weighted by molar-refractivity contribution is 0.349. The standard InChI is InChI=1S/C8H16.C8H10.C5H12.C4H10S.C4H10.4CH4/c2*1-2-8-6-4-3-5-7-8;1-4-5(2)3;1-3-4-5-2;1-4(2)3;;;;/h8H,2-7H2,1H3;3-7H,2H2,1H3;5H,4H2,1-3H3;3-4H2,1-2H3;4H,1-3H3;4*1H4. The highest BCUT2D eigenvalue weighted by molar-refractivity contribution is 7.98. The molecule has 0 spiro atoms. The van der Waals surface area contributed by atoms with Crippen LogP contribution in [0.1, 0.15) is 149 Å². The first-order valence-electron chi connectivity index (χ1n) is 12.8. The molecule has 0 heterocycles. The maximum Gasteiger partial charge on any atom is -0.00729 e. The zero-order chi connectivity index (χ0) is 23.6. The van der Waals surface area contributed by atoms with E-state index in [1.807, 2.05) is 17.8 Å². The second kappa shape index (κ2) is 42.7. The van der Waals surface area contributed by atoms with Crippen LogP contribution in [0.4, 0.5) is 0 Å². The molecule has 1 aliphatic rings. The van der Waals surface area contributed by atoms with Crippen molar-refractivity contribution in [2.45, 2.75) is 150 Å². The maximum atomic E-state index is 2.32. The molecule has 1 heteroatoms. The second-order valence-electron chi connectivity index (χ2n) is 9.28. The number of rotatable bonds is 5. The van der Waals surface area contributed by atoms with E-state index < -0.39 is 0 Å². The number of thioether (sulfide) groups is 1. The molecule has 212 valence electrons. The zero-order valence-electron chi connectivity index (χ0n) is 22.6. The largest absolute Gasteiger partial charge is 0.165 e. The Balaban J connectivity index is -0.0000000535. The molecule has 0 nitrogen and oxygen atoms in total. The molecule has 34 heavy (non-hydrogen) atoms. The van der Waals surface area contributed by atoms with Gasteiger partial charge in [0.05, 0.1) is 0 Å². The summed E-state index contributed by atoms with van der Waals surface area (Å²) in [5, 5.41) is 0. The van der Waals surface area contributed by atoms with Gasteiger partial charge < -0.3 is 0 Å². The minimum Gasteiger partial charge on any atom is -0.165 e. The highest BCUT2D eigenvalue weighted by Gasteiger charge is 2.09. The van der Waals surface area contributed by atoms with Crippen LogP contribution >= 0.6 is 11.8 Å². The predicted molar refractivity (Wildman–Crippen MR) is 174 cm³/mol. The van der Waals surface area contributed by atoms with Gasteiger partial charge in [-0.25, -0.2) is 0 Å². The summed E-state index contributed by atoms with van der Waals surface area (Å²) in [5.41, 5.74) is 1.41. The fraction of sp³-hybridized carbons (Fsp3) is 0.818. The topological polar surface area (TPSA) is 0 Å². The van der Waals surface area contributed by atoms with Gasteiger partial charge in [-0.2, -0.15) is 11.8 Å². The fourth-order valence-electron chi connectivity index (χ4n) is 2.51. The molecule has 1 fully saturated rings. The fourth-order valence-corrected chi connectivity index (χ4v) is 2.92. The molecule has 0 unspecified atom stereocenters. The van der Waals surface area contributed by atoms with E-state index in [-0.39, 0.29) is 29.7 Å². The van der Waals surface area contributed by atoms with Gasteiger partial charge >= 0.3 is 0 Å². The van der Waals surface area contributed by atoms with Gasteiger partial charge in [0.25, 0.3) is 0 Å². The molecule has 0 atom stereocenters. The van der Waals surface area contributed by atoms with E-state index in [0.29, 0.717) is 0 Å². The summed E-state index contributed by atoms with van der Waals surface area (Å²) in [6.07, 6.45) is 14.8. The van der Waals surface area contributed by atoms with Crippen molar-refractivity contribution >= 4 is 11.8 Å². The smallest absolute Gasteiger partial charge is 0.00729 e. The summed E-state index contributed by atoms with van der Waals surface area (Å²) in [6, 6.07) is 10.5. The van der Waals surface area contributed by atoms with E-state index >= 15 is 0 Å². The Labute approximate surface area is 226 Å². The van der Waals surface area contributed by atoms with Gasteiger partial charge in [-0.05, 0) is 48.2 Å². The predicted octanol–water partition coefficient (Wildman–Crippen LogP) is 13.2. The van der Waals surface area contributed by atoms with Crippen LogP contribution in [0, 0.1) is 17.8 Å². The second-order valence-corrected chi connectivity index (χ2v) is 10.3. The van der Waals surface area contributed by atoms with Crippen LogP contribution in [0.15, 0.2) is 30.3 Å². The van der Waals surface area contributed by atoms with Gasteiger partial charge in [0.15, 0.2) is 0 Å². The van der Waals surface area contributed by atoms with E-state index in [1.165, 1.54) is 62.7 Å². The minimum absolute atomic E-state index is 0. The van der Waals surface area contributed by atoms with E-state index in [9.17, 15) is 0 Å². The van der Waals surface area contributed by atoms with Gasteiger partial charge in [-0.3, -0.25) is 0 Å². The van der Waals surface area contributed by atoms with Crippen LogP contribution in [-0.4, -0.2) is 12.0 Å². The molecular weight excluding hydrogens is 428 g/mol. The van der Waals surface area contributed by atoms with Crippen LogP contribution in [0.5, 0.6) is 0 Å². The third-order valence-electron chi connectivity index (χ3n) is 4.78. The lowest BCUT2D eigenvalue weighted by Gasteiger charge is -2.18. The molecule has 1 aromatic carbocycles. The number of aryl methyl sites for hydroxylation is 1. The Hall–Kier alpha value is -0.430. The first-order valence-corrected chi connectivity index (χ1v) is 14.2. The van der Waals surface area contributed by atoms with Crippen LogP contribution in [0.3, 0.4) is 0 Å². The maximum absolute atomic E-state index is 2.32. The van der Waals surface area contributed by atoms with Crippen LogP contribution < -0.4 is 0 Å². The lowest BCUT2D eigenvalue weighted by atomic mass is 9.88. The van der Waals surface area contributed by atoms with Crippen molar-refractivity contribution in [2.24, 2.45) is 17.8 Å². The highest BCUT2D eigenvalue weighted by atomic mass is 32.2. The van der Waals surface area contributed by atoms with Gasteiger partial charge in [-0.15, -0.1) is 0 Å². The molecule has 0 N–H and O–H groups in total. The average molecular weight is 503 g/mol. The molecule has 1 aromatic rings. The summed E-state index contributed by atoms with van der Waals surface area (Å²) in [4.78, 5) is 0. The molecule has 2 rings (SSSR count). The normalized spacial score (nSPS) is 11.4. The van der Waals surface area contributed by atoms with Crippen molar-refractivity contribution in [3.63, 3.8) is 0 Å². The average Bonchev–Trinajstić information content (AvgIpc) is 2.76. The number of benzene rings is 1. The molecule has 0 amide bonds. The van der Waals surface area contributed by atoms with Crippen molar-refractivity contribution in [1.82, 2.24) is 0 Å². The molecule has 0 aliphatic heterocycles. The molecule has 0 radical (unpaired) electrons.